The summed E-state index contributed by atoms with van der Waals surface area (Å²) in [6.45, 7) is 0. The number of hydrogen-bond acceptors (Lipinski definition) is 2. The highest BCUT2D eigenvalue weighted by molar-refractivity contribution is 6.33. The van der Waals surface area contributed by atoms with E-state index in [-0.39, 0.29) is 5.75 Å². The Morgan fingerprint density at radius 1 is 1.21 bits per heavy atom. The van der Waals surface area contributed by atoms with E-state index in [0.717, 1.165) is 5.39 Å². The van der Waals surface area contributed by atoms with Crippen LogP contribution in [-0.2, 0) is 0 Å². The van der Waals surface area contributed by atoms with Gasteiger partial charge in [-0.05, 0) is 16.8 Å². The number of phenols is 1. The Labute approximate surface area is 82.6 Å². The highest BCUT2D eigenvalue weighted by Crippen LogP contribution is 2.24. The number of aldehydes is 1. The van der Waals surface area contributed by atoms with Crippen LogP contribution in [0.25, 0.3) is 10.8 Å². The van der Waals surface area contributed by atoms with Gasteiger partial charge in [0.2, 0.25) is 0 Å². The topological polar surface area (TPSA) is 37.3 Å². The minimum atomic E-state index is -0.00253. The molecule has 0 spiro atoms. The molecule has 0 fully saturated rings. The molecule has 2 rings (SSSR count). The minimum absolute atomic E-state index is 0.00253. The number of carbonyl (C=O) groups is 1. The lowest BCUT2D eigenvalue weighted by Gasteiger charge is -2.04. The lowest BCUT2D eigenvalue weighted by Crippen LogP contribution is -2.00. The quantitative estimate of drug-likeness (QED) is 0.530. The van der Waals surface area contributed by atoms with E-state index in [1.165, 1.54) is 6.07 Å². The van der Waals surface area contributed by atoms with Crippen molar-refractivity contribution in [1.29, 1.82) is 0 Å². The standard InChI is InChI=1S/C11H7BO2/c12-8-2-3-9-7(5-8)1-4-11(14)10(9)6-13/h1-6,14H. The predicted octanol–water partition coefficient (Wildman–Crippen LogP) is 1.15. The molecule has 3 heteroatoms. The van der Waals surface area contributed by atoms with Crippen molar-refractivity contribution in [2.45, 2.75) is 0 Å². The van der Waals surface area contributed by atoms with Crippen LogP contribution >= 0.6 is 0 Å². The number of rotatable bonds is 1. The van der Waals surface area contributed by atoms with Crippen LogP contribution in [0, 0.1) is 0 Å². The summed E-state index contributed by atoms with van der Waals surface area (Å²) >= 11 is 0. The zero-order valence-corrected chi connectivity index (χ0v) is 7.40. The smallest absolute Gasteiger partial charge is 0.154 e. The first-order chi connectivity index (χ1) is 6.72. The fourth-order valence-corrected chi connectivity index (χ4v) is 1.48. The summed E-state index contributed by atoms with van der Waals surface area (Å²) in [5, 5.41) is 11.0. The molecule has 1 N–H and O–H groups in total. The summed E-state index contributed by atoms with van der Waals surface area (Å²) in [5.74, 6) is -0.00253. The van der Waals surface area contributed by atoms with Gasteiger partial charge in [0.25, 0.3) is 0 Å². The number of hydrogen-bond donors (Lipinski definition) is 1. The molecule has 66 valence electrons. The molecule has 0 unspecified atom stereocenters. The Hall–Kier alpha value is -1.77. The summed E-state index contributed by atoms with van der Waals surface area (Å²) in [4.78, 5) is 10.7. The van der Waals surface area contributed by atoms with Gasteiger partial charge in [0.1, 0.15) is 13.6 Å². The maximum Gasteiger partial charge on any atom is 0.154 e. The zero-order valence-electron chi connectivity index (χ0n) is 7.40. The molecular formula is C11H7BO2. The van der Waals surface area contributed by atoms with E-state index in [4.69, 9.17) is 7.85 Å². The third kappa shape index (κ3) is 1.27. The van der Waals surface area contributed by atoms with Crippen molar-refractivity contribution >= 4 is 30.4 Å². The van der Waals surface area contributed by atoms with Gasteiger partial charge in [0.15, 0.2) is 6.29 Å². The van der Waals surface area contributed by atoms with Crippen molar-refractivity contribution in [1.82, 2.24) is 0 Å². The van der Waals surface area contributed by atoms with E-state index in [9.17, 15) is 9.90 Å². The van der Waals surface area contributed by atoms with Gasteiger partial charge in [-0.15, -0.1) is 0 Å². The van der Waals surface area contributed by atoms with Crippen LogP contribution in [0.3, 0.4) is 0 Å². The fourth-order valence-electron chi connectivity index (χ4n) is 1.48. The summed E-state index contributed by atoms with van der Waals surface area (Å²) in [6, 6.07) is 8.42. The van der Waals surface area contributed by atoms with Crippen LogP contribution in [0.1, 0.15) is 10.4 Å². The first-order valence-corrected chi connectivity index (χ1v) is 4.19. The van der Waals surface area contributed by atoms with Gasteiger partial charge in [0.05, 0.1) is 5.56 Å². The molecule has 14 heavy (non-hydrogen) atoms. The average molecular weight is 182 g/mol. The number of phenolic OH excluding ortho intramolecular Hbond substituents is 1. The second-order valence-corrected chi connectivity index (χ2v) is 3.10. The van der Waals surface area contributed by atoms with E-state index in [1.807, 2.05) is 0 Å². The average Bonchev–Trinajstić information content (AvgIpc) is 2.18. The molecule has 0 aliphatic carbocycles. The van der Waals surface area contributed by atoms with Crippen molar-refractivity contribution in [3.05, 3.63) is 35.9 Å². The van der Waals surface area contributed by atoms with Crippen molar-refractivity contribution < 1.29 is 9.90 Å². The maximum atomic E-state index is 10.7. The Balaban J connectivity index is 2.88. The van der Waals surface area contributed by atoms with Crippen LogP contribution in [0.4, 0.5) is 0 Å². The highest BCUT2D eigenvalue weighted by atomic mass is 16.3. The molecule has 2 radical (unpaired) electrons. The van der Waals surface area contributed by atoms with Crippen LogP contribution in [0.5, 0.6) is 5.75 Å². The summed E-state index contributed by atoms with van der Waals surface area (Å²) in [5.41, 5.74) is 0.947. The van der Waals surface area contributed by atoms with E-state index >= 15 is 0 Å². The molecule has 0 aromatic heterocycles. The Morgan fingerprint density at radius 3 is 2.71 bits per heavy atom. The van der Waals surface area contributed by atoms with Crippen molar-refractivity contribution in [2.75, 3.05) is 0 Å². The third-order valence-electron chi connectivity index (χ3n) is 2.18. The molecule has 2 nitrogen and oxygen atoms in total. The number of benzene rings is 2. The monoisotopic (exact) mass is 182 g/mol. The minimum Gasteiger partial charge on any atom is -0.507 e. The van der Waals surface area contributed by atoms with Gasteiger partial charge in [-0.2, -0.15) is 0 Å². The summed E-state index contributed by atoms with van der Waals surface area (Å²) in [7, 11) is 5.60. The van der Waals surface area contributed by atoms with Gasteiger partial charge < -0.3 is 5.11 Å². The molecule has 0 heterocycles. The first-order valence-electron chi connectivity index (χ1n) is 4.19. The molecule has 0 bridgehead atoms. The van der Waals surface area contributed by atoms with Gasteiger partial charge in [-0.3, -0.25) is 4.79 Å². The molecule has 0 amide bonds. The maximum absolute atomic E-state index is 10.7. The second-order valence-electron chi connectivity index (χ2n) is 3.10. The molecule has 0 atom stereocenters. The van der Waals surface area contributed by atoms with Gasteiger partial charge >= 0.3 is 0 Å². The molecule has 2 aromatic carbocycles. The Morgan fingerprint density at radius 2 is 2.00 bits per heavy atom. The third-order valence-corrected chi connectivity index (χ3v) is 2.18. The lowest BCUT2D eigenvalue weighted by atomic mass is 9.92. The van der Waals surface area contributed by atoms with Crippen molar-refractivity contribution in [3.63, 3.8) is 0 Å². The number of fused-ring (bicyclic) bond motifs is 1. The Bertz CT molecular complexity index is 506. The van der Waals surface area contributed by atoms with E-state index in [1.54, 1.807) is 24.3 Å². The van der Waals surface area contributed by atoms with Crippen molar-refractivity contribution in [3.8, 4) is 5.75 Å². The van der Waals surface area contributed by atoms with E-state index in [0.29, 0.717) is 22.7 Å². The van der Waals surface area contributed by atoms with Gasteiger partial charge in [0, 0.05) is 0 Å². The lowest BCUT2D eigenvalue weighted by molar-refractivity contribution is 0.112. The number of aromatic hydroxyl groups is 1. The second kappa shape index (κ2) is 3.18. The van der Waals surface area contributed by atoms with Gasteiger partial charge in [-0.1, -0.05) is 29.7 Å². The molecule has 2 aromatic rings. The predicted molar refractivity (Wildman–Crippen MR) is 56.4 cm³/mol. The normalized spacial score (nSPS) is 10.3. The fraction of sp³-hybridized carbons (Fsp3) is 0. The Kier molecular flexibility index (Phi) is 2.00. The largest absolute Gasteiger partial charge is 0.507 e. The van der Waals surface area contributed by atoms with Crippen LogP contribution in [0.15, 0.2) is 30.3 Å². The van der Waals surface area contributed by atoms with Gasteiger partial charge in [-0.25, -0.2) is 0 Å². The molecule has 0 saturated heterocycles. The van der Waals surface area contributed by atoms with Crippen LogP contribution < -0.4 is 5.46 Å². The van der Waals surface area contributed by atoms with E-state index in [2.05, 4.69) is 0 Å². The highest BCUT2D eigenvalue weighted by Gasteiger charge is 2.04. The SMILES string of the molecule is [B]c1ccc2c(C=O)c(O)ccc2c1. The zero-order chi connectivity index (χ0) is 10.1. The van der Waals surface area contributed by atoms with Crippen LogP contribution in [-0.4, -0.2) is 19.2 Å². The van der Waals surface area contributed by atoms with E-state index < -0.39 is 0 Å². The summed E-state index contributed by atoms with van der Waals surface area (Å²) < 4.78 is 0. The summed E-state index contributed by atoms with van der Waals surface area (Å²) in [6.07, 6.45) is 0.647. The molecule has 0 aliphatic heterocycles. The van der Waals surface area contributed by atoms with Crippen LogP contribution in [0.2, 0.25) is 0 Å². The molecule has 0 saturated carbocycles. The number of carbonyl (C=O) groups excluding carboxylic acids is 1. The molecule has 0 aliphatic rings. The first kappa shape index (κ1) is 8.82. The molecular weight excluding hydrogens is 175 g/mol. The van der Waals surface area contributed by atoms with Crippen molar-refractivity contribution in [2.24, 2.45) is 0 Å².